The highest BCUT2D eigenvalue weighted by Crippen LogP contribution is 2.34. The van der Waals surface area contributed by atoms with E-state index in [4.69, 9.17) is 9.47 Å². The summed E-state index contributed by atoms with van der Waals surface area (Å²) in [7, 11) is 0. The number of hydrogen-bond donors (Lipinski definition) is 1. The normalized spacial score (nSPS) is 12.1. The van der Waals surface area contributed by atoms with Gasteiger partial charge in [0, 0.05) is 24.3 Å². The Bertz CT molecular complexity index is 991. The van der Waals surface area contributed by atoms with Gasteiger partial charge in [-0.1, -0.05) is 30.3 Å². The number of hydrogen-bond acceptors (Lipinski definition) is 6. The van der Waals surface area contributed by atoms with E-state index in [-0.39, 0.29) is 18.7 Å². The zero-order valence-corrected chi connectivity index (χ0v) is 16.3. The van der Waals surface area contributed by atoms with Gasteiger partial charge in [-0.25, -0.2) is 0 Å². The minimum Gasteiger partial charge on any atom is -0.454 e. The molecule has 0 unspecified atom stereocenters. The maximum absolute atomic E-state index is 13.0. The van der Waals surface area contributed by atoms with Crippen LogP contribution in [0.3, 0.4) is 0 Å². The van der Waals surface area contributed by atoms with E-state index in [2.05, 4.69) is 15.5 Å². The molecular formula is C22H22N4O3. The van der Waals surface area contributed by atoms with Gasteiger partial charge in [0.2, 0.25) is 6.79 Å². The van der Waals surface area contributed by atoms with Gasteiger partial charge in [0.15, 0.2) is 23.0 Å². The predicted molar refractivity (Wildman–Crippen MR) is 109 cm³/mol. The van der Waals surface area contributed by atoms with Crippen LogP contribution in [-0.4, -0.2) is 33.8 Å². The topological polar surface area (TPSA) is 76.6 Å². The third kappa shape index (κ3) is 4.29. The van der Waals surface area contributed by atoms with E-state index in [0.717, 1.165) is 17.0 Å². The first-order valence-corrected chi connectivity index (χ1v) is 9.45. The van der Waals surface area contributed by atoms with Crippen molar-refractivity contribution in [2.75, 3.05) is 12.1 Å². The fraction of sp³-hybridized carbons (Fsp3) is 0.227. The Morgan fingerprint density at radius 1 is 1.03 bits per heavy atom. The summed E-state index contributed by atoms with van der Waals surface area (Å²) >= 11 is 0. The molecule has 1 aliphatic rings. The SMILES string of the molecule is CC(C)N(Cc1ccccc1)C(=O)c1ccc(Nc2ccc3c(c2)OCO3)nn1. The molecule has 2 aromatic carbocycles. The molecule has 1 N–H and O–H groups in total. The van der Waals surface area contributed by atoms with Crippen LogP contribution >= 0.6 is 0 Å². The number of nitrogens with one attached hydrogen (secondary N) is 1. The van der Waals surface area contributed by atoms with E-state index >= 15 is 0 Å². The average Bonchev–Trinajstić information content (AvgIpc) is 3.20. The van der Waals surface area contributed by atoms with Crippen LogP contribution in [0.15, 0.2) is 60.7 Å². The summed E-state index contributed by atoms with van der Waals surface area (Å²) in [4.78, 5) is 14.7. The van der Waals surface area contributed by atoms with Crippen molar-refractivity contribution >= 4 is 17.4 Å². The molecule has 1 aliphatic heterocycles. The number of aromatic nitrogens is 2. The second kappa shape index (κ2) is 8.18. The summed E-state index contributed by atoms with van der Waals surface area (Å²) in [5.74, 6) is 1.79. The first-order chi connectivity index (χ1) is 14.1. The van der Waals surface area contributed by atoms with Crippen molar-refractivity contribution in [2.45, 2.75) is 26.4 Å². The standard InChI is InChI=1S/C22H22N4O3/c1-15(2)26(13-16-6-4-3-5-7-16)22(27)18-9-11-21(25-24-18)23-17-8-10-19-20(12-17)29-14-28-19/h3-12,15H,13-14H2,1-2H3,(H,23,25). The number of amides is 1. The summed E-state index contributed by atoms with van der Waals surface area (Å²) < 4.78 is 10.7. The molecule has 0 saturated carbocycles. The minimum absolute atomic E-state index is 0.0379. The van der Waals surface area contributed by atoms with Crippen molar-refractivity contribution < 1.29 is 14.3 Å². The number of anilines is 2. The lowest BCUT2D eigenvalue weighted by atomic mass is 10.1. The van der Waals surface area contributed by atoms with E-state index in [1.807, 2.05) is 62.4 Å². The molecule has 0 atom stereocenters. The number of rotatable bonds is 6. The molecule has 1 amide bonds. The molecule has 4 rings (SSSR count). The molecular weight excluding hydrogens is 368 g/mol. The Hall–Kier alpha value is -3.61. The van der Waals surface area contributed by atoms with Crippen molar-refractivity contribution in [1.82, 2.24) is 15.1 Å². The van der Waals surface area contributed by atoms with Crippen LogP contribution in [0.2, 0.25) is 0 Å². The largest absolute Gasteiger partial charge is 0.454 e. The number of carbonyl (C=O) groups excluding carboxylic acids is 1. The first kappa shape index (κ1) is 18.7. The van der Waals surface area contributed by atoms with Gasteiger partial charge in [-0.15, -0.1) is 10.2 Å². The Morgan fingerprint density at radius 3 is 2.55 bits per heavy atom. The van der Waals surface area contributed by atoms with E-state index in [0.29, 0.717) is 23.8 Å². The number of fused-ring (bicyclic) bond motifs is 1. The van der Waals surface area contributed by atoms with E-state index in [1.54, 1.807) is 17.0 Å². The quantitative estimate of drug-likeness (QED) is 0.686. The Morgan fingerprint density at radius 2 is 1.83 bits per heavy atom. The Labute approximate surface area is 169 Å². The molecule has 2 heterocycles. The lowest BCUT2D eigenvalue weighted by molar-refractivity contribution is 0.0683. The molecule has 0 radical (unpaired) electrons. The molecule has 1 aromatic heterocycles. The van der Waals surface area contributed by atoms with Crippen LogP contribution in [-0.2, 0) is 6.54 Å². The van der Waals surface area contributed by atoms with Gasteiger partial charge in [0.25, 0.3) is 5.91 Å². The van der Waals surface area contributed by atoms with Crippen LogP contribution < -0.4 is 14.8 Å². The Kier molecular flexibility index (Phi) is 5.29. The fourth-order valence-electron chi connectivity index (χ4n) is 3.05. The van der Waals surface area contributed by atoms with Gasteiger partial charge in [-0.3, -0.25) is 4.79 Å². The summed E-state index contributed by atoms with van der Waals surface area (Å²) in [6.45, 7) is 4.73. The second-order valence-electron chi connectivity index (χ2n) is 7.01. The molecule has 0 fully saturated rings. The van der Waals surface area contributed by atoms with Gasteiger partial charge >= 0.3 is 0 Å². The second-order valence-corrected chi connectivity index (χ2v) is 7.01. The monoisotopic (exact) mass is 390 g/mol. The highest BCUT2D eigenvalue weighted by molar-refractivity contribution is 5.92. The van der Waals surface area contributed by atoms with Gasteiger partial charge in [0.05, 0.1) is 0 Å². The summed E-state index contributed by atoms with van der Waals surface area (Å²) in [5.41, 5.74) is 2.19. The molecule has 0 saturated heterocycles. The summed E-state index contributed by atoms with van der Waals surface area (Å²) in [5, 5.41) is 11.4. The van der Waals surface area contributed by atoms with Crippen molar-refractivity contribution in [3.63, 3.8) is 0 Å². The fourth-order valence-corrected chi connectivity index (χ4v) is 3.05. The lowest BCUT2D eigenvalue weighted by Crippen LogP contribution is -2.37. The third-order valence-corrected chi connectivity index (χ3v) is 4.61. The number of nitrogens with zero attached hydrogens (tertiary/aromatic N) is 3. The van der Waals surface area contributed by atoms with Crippen molar-refractivity contribution in [2.24, 2.45) is 0 Å². The van der Waals surface area contributed by atoms with Crippen LogP contribution in [0.4, 0.5) is 11.5 Å². The summed E-state index contributed by atoms with van der Waals surface area (Å²) in [6.07, 6.45) is 0. The van der Waals surface area contributed by atoms with E-state index in [1.165, 1.54) is 0 Å². The molecule has 29 heavy (non-hydrogen) atoms. The third-order valence-electron chi connectivity index (χ3n) is 4.61. The van der Waals surface area contributed by atoms with Crippen molar-refractivity contribution in [3.8, 4) is 11.5 Å². The zero-order valence-electron chi connectivity index (χ0n) is 16.3. The molecule has 148 valence electrons. The lowest BCUT2D eigenvalue weighted by Gasteiger charge is -2.26. The minimum atomic E-state index is -0.147. The van der Waals surface area contributed by atoms with Gasteiger partial charge in [0.1, 0.15) is 0 Å². The maximum Gasteiger partial charge on any atom is 0.274 e. The number of benzene rings is 2. The number of ether oxygens (including phenoxy) is 2. The number of carbonyl (C=O) groups is 1. The molecule has 0 aliphatic carbocycles. The maximum atomic E-state index is 13.0. The average molecular weight is 390 g/mol. The van der Waals surface area contributed by atoms with E-state index in [9.17, 15) is 4.79 Å². The summed E-state index contributed by atoms with van der Waals surface area (Å²) in [6, 6.07) is 18.9. The molecule has 7 nitrogen and oxygen atoms in total. The van der Waals surface area contributed by atoms with Crippen LogP contribution in [0, 0.1) is 0 Å². The zero-order chi connectivity index (χ0) is 20.2. The Balaban J connectivity index is 1.46. The first-order valence-electron chi connectivity index (χ1n) is 9.45. The van der Waals surface area contributed by atoms with Crippen molar-refractivity contribution in [1.29, 1.82) is 0 Å². The van der Waals surface area contributed by atoms with Crippen molar-refractivity contribution in [3.05, 3.63) is 71.9 Å². The molecule has 7 heteroatoms. The molecule has 0 bridgehead atoms. The highest BCUT2D eigenvalue weighted by atomic mass is 16.7. The van der Waals surface area contributed by atoms with E-state index < -0.39 is 0 Å². The highest BCUT2D eigenvalue weighted by Gasteiger charge is 2.21. The van der Waals surface area contributed by atoms with Crippen LogP contribution in [0.5, 0.6) is 11.5 Å². The molecule has 0 spiro atoms. The predicted octanol–water partition coefficient (Wildman–Crippen LogP) is 4.00. The van der Waals surface area contributed by atoms with Gasteiger partial charge in [-0.2, -0.15) is 0 Å². The van der Waals surface area contributed by atoms with Gasteiger partial charge in [-0.05, 0) is 43.7 Å². The molecule has 3 aromatic rings. The smallest absolute Gasteiger partial charge is 0.274 e. The van der Waals surface area contributed by atoms with Crippen LogP contribution in [0.1, 0.15) is 29.9 Å². The van der Waals surface area contributed by atoms with Crippen LogP contribution in [0.25, 0.3) is 0 Å². The van der Waals surface area contributed by atoms with Gasteiger partial charge < -0.3 is 19.7 Å².